The van der Waals surface area contributed by atoms with E-state index in [1.165, 1.54) is 18.2 Å². The van der Waals surface area contributed by atoms with Gasteiger partial charge in [-0.25, -0.2) is 10.2 Å². The van der Waals surface area contributed by atoms with Crippen molar-refractivity contribution in [3.63, 3.8) is 0 Å². The normalized spacial score (nSPS) is 11.1. The number of allylic oxidation sites excluding steroid dienone is 1. The van der Waals surface area contributed by atoms with Crippen LogP contribution in [0.25, 0.3) is 17.1 Å². The largest absolute Gasteiger partial charge is 0.378 e. The van der Waals surface area contributed by atoms with Crippen molar-refractivity contribution >= 4 is 34.3 Å². The molecule has 0 saturated carbocycles. The van der Waals surface area contributed by atoms with Crippen LogP contribution in [-0.2, 0) is 6.54 Å². The first-order chi connectivity index (χ1) is 14.6. The van der Waals surface area contributed by atoms with E-state index >= 15 is 0 Å². The molecule has 0 saturated heterocycles. The van der Waals surface area contributed by atoms with E-state index in [-0.39, 0.29) is 16.4 Å². The predicted molar refractivity (Wildman–Crippen MR) is 115 cm³/mol. The van der Waals surface area contributed by atoms with Gasteiger partial charge in [-0.1, -0.05) is 18.2 Å². The molecule has 1 aromatic heterocycles. The van der Waals surface area contributed by atoms with Gasteiger partial charge < -0.3 is 10.3 Å². The molecule has 0 radical (unpaired) electrons. The minimum atomic E-state index is -0.206. The lowest BCUT2D eigenvalue weighted by atomic mass is 10.1. The number of aromatic nitrogens is 2. The minimum absolute atomic E-state index is 0.129. The van der Waals surface area contributed by atoms with E-state index in [9.17, 15) is 9.70 Å². The highest BCUT2D eigenvalue weighted by Crippen LogP contribution is 2.15. The topological polar surface area (TPSA) is 98.1 Å². The third-order valence-corrected chi connectivity index (χ3v) is 4.61. The number of nitrogens with one attached hydrogen (secondary N) is 2. The number of para-hydroxylation sites is 2. The maximum atomic E-state index is 12.4. The Bertz CT molecular complexity index is 1190. The fraction of sp³-hybridized carbons (Fsp3) is 0.0435. The van der Waals surface area contributed by atoms with Gasteiger partial charge >= 0.3 is 5.69 Å². The summed E-state index contributed by atoms with van der Waals surface area (Å²) in [5, 5.41) is 12.1. The van der Waals surface area contributed by atoms with Crippen molar-refractivity contribution in [3.05, 3.63) is 101 Å². The van der Waals surface area contributed by atoms with Crippen LogP contribution in [0, 0.1) is 4.91 Å². The van der Waals surface area contributed by atoms with Crippen molar-refractivity contribution in [1.29, 1.82) is 0 Å². The van der Waals surface area contributed by atoms with Crippen LogP contribution < -0.4 is 5.32 Å². The first-order valence-electron chi connectivity index (χ1n) is 9.35. The van der Waals surface area contributed by atoms with Gasteiger partial charge in [0.05, 0.1) is 22.5 Å². The molecule has 0 atom stereocenters. The van der Waals surface area contributed by atoms with E-state index in [0.29, 0.717) is 12.1 Å². The van der Waals surface area contributed by atoms with Crippen LogP contribution in [0.2, 0.25) is 0 Å². The summed E-state index contributed by atoms with van der Waals surface area (Å²) in [6, 6.07) is 21.3. The van der Waals surface area contributed by atoms with E-state index in [2.05, 4.69) is 15.3 Å². The van der Waals surface area contributed by atoms with Crippen LogP contribution in [0.5, 0.6) is 0 Å². The highest BCUT2D eigenvalue weighted by molar-refractivity contribution is 6.07. The molecule has 3 aromatic carbocycles. The number of fused-ring (bicyclic) bond motifs is 1. The Balaban J connectivity index is 1.36. The van der Waals surface area contributed by atoms with E-state index in [4.69, 9.17) is 5.21 Å². The molecule has 1 heterocycles. The number of ketones is 1. The van der Waals surface area contributed by atoms with Crippen LogP contribution in [0.15, 0.2) is 78.9 Å². The molecular weight excluding hydrogens is 380 g/mol. The van der Waals surface area contributed by atoms with Gasteiger partial charge in [0.25, 0.3) is 4.92 Å². The zero-order valence-corrected chi connectivity index (χ0v) is 15.9. The summed E-state index contributed by atoms with van der Waals surface area (Å²) in [5.41, 5.74) is 4.26. The molecule has 0 unspecified atom stereocenters. The first-order valence-corrected chi connectivity index (χ1v) is 9.35. The highest BCUT2D eigenvalue weighted by atomic mass is 16.6. The maximum absolute atomic E-state index is 12.4. The number of carbonyl (C=O) groups excluding carboxylic acids is 1. The Hall–Kier alpha value is -4.26. The molecular formula is C23H19N4O3+. The fourth-order valence-electron chi connectivity index (χ4n) is 3.01. The Morgan fingerprint density at radius 2 is 1.77 bits per heavy atom. The maximum Gasteiger partial charge on any atom is 0.316 e. The van der Waals surface area contributed by atoms with Crippen molar-refractivity contribution in [1.82, 2.24) is 9.97 Å². The number of rotatable bonds is 7. The number of H-pyrrole nitrogens is 1. The summed E-state index contributed by atoms with van der Waals surface area (Å²) in [4.78, 5) is 30.7. The van der Waals surface area contributed by atoms with Gasteiger partial charge in [-0.15, -0.1) is 0 Å². The van der Waals surface area contributed by atoms with Gasteiger partial charge in [-0.2, -0.15) is 0 Å². The lowest BCUT2D eigenvalue weighted by Crippen LogP contribution is -2.02. The van der Waals surface area contributed by atoms with E-state index in [1.54, 1.807) is 30.3 Å². The summed E-state index contributed by atoms with van der Waals surface area (Å²) in [6.07, 6.45) is 3.13. The average molecular weight is 399 g/mol. The molecule has 4 rings (SSSR count). The monoisotopic (exact) mass is 399 g/mol. The van der Waals surface area contributed by atoms with Crippen molar-refractivity contribution in [2.75, 3.05) is 5.32 Å². The minimum Gasteiger partial charge on any atom is -0.378 e. The van der Waals surface area contributed by atoms with Gasteiger partial charge in [0.15, 0.2) is 5.78 Å². The van der Waals surface area contributed by atoms with Gasteiger partial charge in [-0.3, -0.25) is 4.79 Å². The van der Waals surface area contributed by atoms with Crippen molar-refractivity contribution < 1.29 is 14.9 Å². The predicted octanol–water partition coefficient (Wildman–Crippen LogP) is 4.87. The summed E-state index contributed by atoms with van der Waals surface area (Å²) in [6.45, 7) is 0.548. The number of aromatic amines is 1. The number of carbonyl (C=O) groups is 1. The SMILES string of the molecule is O=C(/C=C/c1ccc([N+](=O)O)cc1)c1ccc(NCc2nc3ccccc3[nH]2)cc1. The number of benzene rings is 3. The highest BCUT2D eigenvalue weighted by Gasteiger charge is 2.09. The van der Waals surface area contributed by atoms with Crippen LogP contribution in [0.3, 0.4) is 0 Å². The Labute approximate surface area is 172 Å². The zero-order valence-electron chi connectivity index (χ0n) is 15.9. The fourth-order valence-corrected chi connectivity index (χ4v) is 3.01. The van der Waals surface area contributed by atoms with Gasteiger partial charge in [0.2, 0.25) is 0 Å². The first kappa shape index (κ1) is 19.1. The molecule has 4 aromatic rings. The third kappa shape index (κ3) is 4.41. The molecule has 0 spiro atoms. The number of nitrogens with zero attached hydrogens (tertiary/aromatic N) is 2. The second-order valence-corrected chi connectivity index (χ2v) is 6.69. The van der Waals surface area contributed by atoms with Crippen LogP contribution in [-0.4, -0.2) is 25.9 Å². The summed E-state index contributed by atoms with van der Waals surface area (Å²) in [5.74, 6) is 0.710. The lowest BCUT2D eigenvalue weighted by Gasteiger charge is -2.05. The summed E-state index contributed by atoms with van der Waals surface area (Å²) in [7, 11) is 0. The number of imidazole rings is 1. The van der Waals surface area contributed by atoms with E-state index in [1.807, 2.05) is 36.4 Å². The van der Waals surface area contributed by atoms with Crippen molar-refractivity contribution in [2.45, 2.75) is 6.54 Å². The third-order valence-electron chi connectivity index (χ3n) is 4.61. The van der Waals surface area contributed by atoms with Gasteiger partial charge in [0.1, 0.15) is 5.82 Å². The molecule has 0 aliphatic rings. The molecule has 7 heteroatoms. The summed E-state index contributed by atoms with van der Waals surface area (Å²) >= 11 is 0. The quantitative estimate of drug-likeness (QED) is 0.234. The van der Waals surface area contributed by atoms with Gasteiger partial charge in [0, 0.05) is 23.4 Å². The molecule has 3 N–H and O–H groups in total. The molecule has 30 heavy (non-hydrogen) atoms. The molecule has 0 aliphatic heterocycles. The Morgan fingerprint density at radius 1 is 1.03 bits per heavy atom. The second kappa shape index (κ2) is 8.40. The molecule has 0 amide bonds. The molecule has 148 valence electrons. The van der Waals surface area contributed by atoms with Gasteiger partial charge in [-0.05, 0) is 60.2 Å². The number of hydrogen-bond donors (Lipinski definition) is 3. The smallest absolute Gasteiger partial charge is 0.316 e. The van der Waals surface area contributed by atoms with Crippen LogP contribution in [0.1, 0.15) is 21.7 Å². The Morgan fingerprint density at radius 3 is 2.47 bits per heavy atom. The molecule has 7 nitrogen and oxygen atoms in total. The van der Waals surface area contributed by atoms with Crippen LogP contribution in [0.4, 0.5) is 11.4 Å². The Kier molecular flexibility index (Phi) is 5.34. The number of anilines is 1. The van der Waals surface area contributed by atoms with E-state index in [0.717, 1.165) is 28.1 Å². The molecule has 0 aliphatic carbocycles. The average Bonchev–Trinajstić information content (AvgIpc) is 3.20. The lowest BCUT2D eigenvalue weighted by molar-refractivity contribution is -0.729. The zero-order chi connectivity index (χ0) is 20.9. The summed E-state index contributed by atoms with van der Waals surface area (Å²) < 4.78 is 0. The second-order valence-electron chi connectivity index (χ2n) is 6.69. The molecule has 0 fully saturated rings. The molecule has 0 bridgehead atoms. The van der Waals surface area contributed by atoms with Crippen molar-refractivity contribution in [3.8, 4) is 0 Å². The van der Waals surface area contributed by atoms with E-state index < -0.39 is 0 Å². The van der Waals surface area contributed by atoms with Crippen LogP contribution >= 0.6 is 0 Å². The standard InChI is InChI=1S/C23H18N4O3/c28-22(14-7-16-5-12-19(13-6-16)27(29)30)17-8-10-18(11-9-17)24-15-23-25-20-3-1-2-4-21(20)26-23/h1-14H,15H2,(H2-,24,25,26,28,29,30)/p+1/b14-7+. The van der Waals surface area contributed by atoms with Crippen molar-refractivity contribution in [2.24, 2.45) is 0 Å². The number of hydrogen-bond acceptors (Lipinski definition) is 4.